The minimum absolute atomic E-state index is 0. The first-order valence-corrected chi connectivity index (χ1v) is 6.84. The van der Waals surface area contributed by atoms with Crippen molar-refractivity contribution in [3.05, 3.63) is 64.1 Å². The molecule has 2 nitrogen and oxygen atoms in total. The Labute approximate surface area is 127 Å². The van der Waals surface area contributed by atoms with E-state index in [1.165, 1.54) is 11.1 Å². The molecule has 0 aliphatic carbocycles. The summed E-state index contributed by atoms with van der Waals surface area (Å²) in [5.41, 5.74) is 2.45. The first kappa shape index (κ1) is 14.4. The number of rotatable bonds is 1. The summed E-state index contributed by atoms with van der Waals surface area (Å²) in [7, 11) is 0. The van der Waals surface area contributed by atoms with Gasteiger partial charge in [-0.2, -0.15) is 0 Å². The monoisotopic (exact) mass is 339 g/mol. The van der Waals surface area contributed by atoms with Gasteiger partial charge in [-0.1, -0.05) is 46.3 Å². The van der Waals surface area contributed by atoms with E-state index >= 15 is 0 Å². The molecule has 1 unspecified atom stereocenters. The molecule has 0 spiro atoms. The number of hydrogen-bond donors (Lipinski definition) is 1. The Kier molecular flexibility index (Phi) is 4.86. The van der Waals surface area contributed by atoms with Crippen molar-refractivity contribution in [2.75, 3.05) is 13.2 Å². The Morgan fingerprint density at radius 2 is 1.89 bits per heavy atom. The highest BCUT2D eigenvalue weighted by atomic mass is 79.9. The van der Waals surface area contributed by atoms with E-state index < -0.39 is 0 Å². The van der Waals surface area contributed by atoms with Crippen LogP contribution < -0.4 is 10.1 Å². The number of benzene rings is 2. The summed E-state index contributed by atoms with van der Waals surface area (Å²) in [6.45, 7) is 1.56. The maximum atomic E-state index is 5.77. The molecule has 100 valence electrons. The van der Waals surface area contributed by atoms with Crippen molar-refractivity contribution in [2.45, 2.75) is 6.04 Å². The van der Waals surface area contributed by atoms with Crippen LogP contribution in [0.3, 0.4) is 0 Å². The van der Waals surface area contributed by atoms with E-state index in [0.717, 1.165) is 16.8 Å². The summed E-state index contributed by atoms with van der Waals surface area (Å²) in [6.07, 6.45) is 0. The fraction of sp³-hybridized carbons (Fsp3) is 0.200. The lowest BCUT2D eigenvalue weighted by atomic mass is 9.98. The molecule has 0 bridgehead atoms. The molecule has 0 saturated carbocycles. The predicted molar refractivity (Wildman–Crippen MR) is 83.2 cm³/mol. The molecule has 1 atom stereocenters. The second-order valence-electron chi connectivity index (χ2n) is 4.33. The highest BCUT2D eigenvalue weighted by Gasteiger charge is 2.20. The Hall–Kier alpha value is -1.03. The first-order chi connectivity index (χ1) is 8.84. The molecule has 1 aliphatic heterocycles. The van der Waals surface area contributed by atoms with E-state index in [2.05, 4.69) is 51.6 Å². The van der Waals surface area contributed by atoms with Crippen LogP contribution in [0.2, 0.25) is 0 Å². The highest BCUT2D eigenvalue weighted by Crippen LogP contribution is 2.33. The van der Waals surface area contributed by atoms with Crippen molar-refractivity contribution in [3.63, 3.8) is 0 Å². The van der Waals surface area contributed by atoms with Crippen molar-refractivity contribution >= 4 is 28.3 Å². The van der Waals surface area contributed by atoms with Crippen LogP contribution in [0.4, 0.5) is 0 Å². The molecular formula is C15H15BrClNO. The summed E-state index contributed by atoms with van der Waals surface area (Å²) < 4.78 is 6.85. The normalized spacial score (nSPS) is 17.6. The molecule has 3 rings (SSSR count). The minimum Gasteiger partial charge on any atom is -0.492 e. The van der Waals surface area contributed by atoms with Crippen molar-refractivity contribution in [1.82, 2.24) is 5.32 Å². The van der Waals surface area contributed by atoms with Gasteiger partial charge in [-0.05, 0) is 23.8 Å². The largest absolute Gasteiger partial charge is 0.492 e. The molecule has 0 aromatic heterocycles. The van der Waals surface area contributed by atoms with Gasteiger partial charge in [0.05, 0.1) is 6.04 Å². The third kappa shape index (κ3) is 3.11. The topological polar surface area (TPSA) is 21.3 Å². The van der Waals surface area contributed by atoms with Gasteiger partial charge in [-0.15, -0.1) is 12.4 Å². The lowest BCUT2D eigenvalue weighted by Gasteiger charge is -2.18. The number of nitrogens with one attached hydrogen (secondary N) is 1. The van der Waals surface area contributed by atoms with Gasteiger partial charge in [0.25, 0.3) is 0 Å². The van der Waals surface area contributed by atoms with Crippen LogP contribution in [0.15, 0.2) is 53.0 Å². The van der Waals surface area contributed by atoms with Crippen LogP contribution in [0.5, 0.6) is 5.75 Å². The van der Waals surface area contributed by atoms with Crippen LogP contribution in [-0.2, 0) is 0 Å². The summed E-state index contributed by atoms with van der Waals surface area (Å²) in [6, 6.07) is 16.8. The number of ether oxygens (including phenoxy) is 1. The molecule has 2 aromatic rings. The Morgan fingerprint density at radius 1 is 1.11 bits per heavy atom. The summed E-state index contributed by atoms with van der Waals surface area (Å²) >= 11 is 3.53. The molecule has 2 aromatic carbocycles. The van der Waals surface area contributed by atoms with Gasteiger partial charge in [-0.25, -0.2) is 0 Å². The van der Waals surface area contributed by atoms with Gasteiger partial charge in [-0.3, -0.25) is 0 Å². The molecular weight excluding hydrogens is 326 g/mol. The van der Waals surface area contributed by atoms with Gasteiger partial charge >= 0.3 is 0 Å². The Balaban J connectivity index is 0.00000133. The zero-order chi connectivity index (χ0) is 12.4. The van der Waals surface area contributed by atoms with E-state index in [9.17, 15) is 0 Å². The number of hydrogen-bond acceptors (Lipinski definition) is 2. The Morgan fingerprint density at radius 3 is 2.68 bits per heavy atom. The summed E-state index contributed by atoms with van der Waals surface area (Å²) in [4.78, 5) is 0. The fourth-order valence-electron chi connectivity index (χ4n) is 2.29. The first-order valence-electron chi connectivity index (χ1n) is 6.05. The molecule has 0 amide bonds. The molecule has 0 fully saturated rings. The smallest absolute Gasteiger partial charge is 0.124 e. The molecule has 1 heterocycles. The zero-order valence-electron chi connectivity index (χ0n) is 10.3. The van der Waals surface area contributed by atoms with Crippen LogP contribution in [-0.4, -0.2) is 13.2 Å². The fourth-order valence-corrected chi connectivity index (χ4v) is 2.67. The van der Waals surface area contributed by atoms with Gasteiger partial charge in [0, 0.05) is 16.6 Å². The molecule has 0 saturated heterocycles. The predicted octanol–water partition coefficient (Wildman–Crippen LogP) is 3.94. The van der Waals surface area contributed by atoms with Crippen LogP contribution in [0.25, 0.3) is 0 Å². The van der Waals surface area contributed by atoms with Crippen LogP contribution >= 0.6 is 28.3 Å². The quantitative estimate of drug-likeness (QED) is 0.849. The third-order valence-corrected chi connectivity index (χ3v) is 3.62. The second-order valence-corrected chi connectivity index (χ2v) is 5.24. The highest BCUT2D eigenvalue weighted by molar-refractivity contribution is 9.10. The maximum Gasteiger partial charge on any atom is 0.124 e. The van der Waals surface area contributed by atoms with E-state index in [-0.39, 0.29) is 18.4 Å². The van der Waals surface area contributed by atoms with Crippen molar-refractivity contribution in [1.29, 1.82) is 0 Å². The van der Waals surface area contributed by atoms with E-state index in [4.69, 9.17) is 4.74 Å². The van der Waals surface area contributed by atoms with E-state index in [1.54, 1.807) is 0 Å². The van der Waals surface area contributed by atoms with Gasteiger partial charge < -0.3 is 10.1 Å². The standard InChI is InChI=1S/C15H14BrNO.ClH/c16-12-6-7-14-13(10-12)15(17-8-9-18-14)11-4-2-1-3-5-11;/h1-7,10,15,17H,8-9H2;1H. The lowest BCUT2D eigenvalue weighted by Crippen LogP contribution is -2.23. The van der Waals surface area contributed by atoms with E-state index in [1.807, 2.05) is 18.2 Å². The summed E-state index contributed by atoms with van der Waals surface area (Å²) in [5.74, 6) is 0.969. The average molecular weight is 341 g/mol. The molecule has 4 heteroatoms. The lowest BCUT2D eigenvalue weighted by molar-refractivity contribution is 0.325. The van der Waals surface area contributed by atoms with Crippen molar-refractivity contribution in [2.24, 2.45) is 0 Å². The minimum atomic E-state index is 0. The van der Waals surface area contributed by atoms with Gasteiger partial charge in [0.2, 0.25) is 0 Å². The summed E-state index contributed by atoms with van der Waals surface area (Å²) in [5, 5.41) is 3.54. The van der Waals surface area contributed by atoms with E-state index in [0.29, 0.717) is 6.61 Å². The van der Waals surface area contributed by atoms with Crippen molar-refractivity contribution < 1.29 is 4.74 Å². The SMILES string of the molecule is Brc1ccc2c(c1)C(c1ccccc1)NCCO2.Cl. The maximum absolute atomic E-state index is 5.77. The van der Waals surface area contributed by atoms with Gasteiger partial charge in [0.15, 0.2) is 0 Å². The molecule has 1 aliphatic rings. The molecule has 1 N–H and O–H groups in total. The number of halogens is 2. The van der Waals surface area contributed by atoms with Gasteiger partial charge in [0.1, 0.15) is 12.4 Å². The second kappa shape index (κ2) is 6.42. The molecule has 19 heavy (non-hydrogen) atoms. The molecule has 0 radical (unpaired) electrons. The third-order valence-electron chi connectivity index (χ3n) is 3.12. The Bertz CT molecular complexity index is 547. The van der Waals surface area contributed by atoms with Crippen molar-refractivity contribution in [3.8, 4) is 5.75 Å². The van der Waals surface area contributed by atoms with Crippen LogP contribution in [0, 0.1) is 0 Å². The average Bonchev–Trinajstić information content (AvgIpc) is 2.61. The van der Waals surface area contributed by atoms with Crippen LogP contribution in [0.1, 0.15) is 17.2 Å². The number of fused-ring (bicyclic) bond motifs is 1. The zero-order valence-corrected chi connectivity index (χ0v) is 12.7.